The first kappa shape index (κ1) is 19.2. The van der Waals surface area contributed by atoms with E-state index in [1.54, 1.807) is 0 Å². The number of aryl methyl sites for hydroxylation is 2. The summed E-state index contributed by atoms with van der Waals surface area (Å²) in [6.45, 7) is 10.1. The Balaban J connectivity index is 1.98. The van der Waals surface area contributed by atoms with Crippen molar-refractivity contribution in [1.29, 1.82) is 0 Å². The molecule has 0 fully saturated rings. The molecule has 2 aromatic rings. The molecule has 0 bridgehead atoms. The van der Waals surface area contributed by atoms with E-state index >= 15 is 0 Å². The van der Waals surface area contributed by atoms with Crippen LogP contribution in [0.3, 0.4) is 0 Å². The normalized spacial score (nSPS) is 27.8. The van der Waals surface area contributed by atoms with Gasteiger partial charge in [0.1, 0.15) is 0 Å². The minimum absolute atomic E-state index is 0.113. The molecule has 0 aromatic heterocycles. The predicted octanol–water partition coefficient (Wildman–Crippen LogP) is 5.17. The Hall–Kier alpha value is -0.158. The zero-order valence-corrected chi connectivity index (χ0v) is 22.4. The summed E-state index contributed by atoms with van der Waals surface area (Å²) in [5, 5.41) is 1.63. The van der Waals surface area contributed by atoms with E-state index in [-0.39, 0.29) is 8.56 Å². The van der Waals surface area contributed by atoms with Crippen molar-refractivity contribution in [2.24, 2.45) is 0 Å². The number of fused-ring (bicyclic) bond motifs is 4. The summed E-state index contributed by atoms with van der Waals surface area (Å²) in [5.74, 6) is 1.07. The number of halogens is 1. The molecule has 0 spiro atoms. The average Bonchev–Trinajstić information content (AvgIpc) is 2.71. The summed E-state index contributed by atoms with van der Waals surface area (Å²) >= 11 is -2.69. The van der Waals surface area contributed by atoms with Gasteiger partial charge in [-0.3, -0.25) is 0 Å². The van der Waals surface area contributed by atoms with E-state index in [0.717, 1.165) is 18.7 Å². The minimum atomic E-state index is -2.69. The van der Waals surface area contributed by atoms with E-state index in [1.165, 1.54) is 27.6 Å². The van der Waals surface area contributed by atoms with Gasteiger partial charge in [-0.25, -0.2) is 0 Å². The molecule has 3 atom stereocenters. The van der Waals surface area contributed by atoms with Gasteiger partial charge in [0.2, 0.25) is 0 Å². The van der Waals surface area contributed by atoms with E-state index in [0.29, 0.717) is 0 Å². The fourth-order valence-electron chi connectivity index (χ4n) is 4.35. The third-order valence-electron chi connectivity index (χ3n) is 6.01. The molecule has 2 aliphatic heterocycles. The van der Waals surface area contributed by atoms with Gasteiger partial charge in [0.05, 0.1) is 0 Å². The van der Waals surface area contributed by atoms with E-state index in [1.807, 2.05) is 0 Å². The molecule has 2 aromatic carbocycles. The molecule has 4 rings (SSSR count). The van der Waals surface area contributed by atoms with Gasteiger partial charge in [0.15, 0.2) is 0 Å². The summed E-state index contributed by atoms with van der Waals surface area (Å²) in [7, 11) is 8.90. The van der Waals surface area contributed by atoms with Gasteiger partial charge >= 0.3 is 171 Å². The number of nitrogens with zero attached hydrogens (tertiary/aromatic N) is 1. The quantitative estimate of drug-likeness (QED) is 0.342. The van der Waals surface area contributed by atoms with Crippen LogP contribution in [-0.2, 0) is 11.7 Å². The molecule has 2 aliphatic rings. The molecular formula is C21H26ClNOPTl. The first-order chi connectivity index (χ1) is 12.3. The van der Waals surface area contributed by atoms with Crippen LogP contribution >= 0.6 is 16.2 Å². The molecule has 0 N–H and O–H groups in total. The Morgan fingerprint density at radius 2 is 1.92 bits per heavy atom. The van der Waals surface area contributed by atoms with E-state index < -0.39 is 29.7 Å². The Morgan fingerprint density at radius 1 is 1.23 bits per heavy atom. The summed E-state index contributed by atoms with van der Waals surface area (Å²) in [6, 6.07) is 13.7. The van der Waals surface area contributed by atoms with Crippen LogP contribution in [0, 0.1) is 13.8 Å². The van der Waals surface area contributed by atoms with Crippen LogP contribution in [0.25, 0.3) is 0 Å². The van der Waals surface area contributed by atoms with Crippen LogP contribution in [0.15, 0.2) is 36.4 Å². The maximum atomic E-state index is 7.20. The van der Waals surface area contributed by atoms with Gasteiger partial charge < -0.3 is 0 Å². The molecule has 0 aliphatic carbocycles. The van der Waals surface area contributed by atoms with E-state index in [2.05, 4.69) is 73.9 Å². The SMILES string of the molecule is CCC1(C)c2cc(C)ccc2O[C@H]2P1c1ccc(C)cc1C[N](C)[Tl]2[Cl]. The third kappa shape index (κ3) is 2.96. The van der Waals surface area contributed by atoms with Crippen LogP contribution in [0.4, 0.5) is 0 Å². The Morgan fingerprint density at radius 3 is 2.65 bits per heavy atom. The topological polar surface area (TPSA) is 12.5 Å². The standard InChI is InChI=1S/C21H26NOP.ClH.Tl/c1-6-21(4)18-12-16(3)7-9-19(18)23-14-24(21)20-10-8-15(2)11-17(20)13-22-5;;/h7-12,14H,6,13H2,1-5H3;1H;/q-1;;+2/p-1. The van der Waals surface area contributed by atoms with Crippen LogP contribution in [0.5, 0.6) is 5.75 Å². The predicted molar refractivity (Wildman–Crippen MR) is 114 cm³/mol. The molecule has 0 radical (unpaired) electrons. The zero-order valence-electron chi connectivity index (χ0n) is 16.2. The summed E-state index contributed by atoms with van der Waals surface area (Å²) in [6.07, 6.45) is 1.11. The summed E-state index contributed by atoms with van der Waals surface area (Å²) in [4.78, 5) is 0. The fraction of sp³-hybridized carbons (Fsp3) is 0.429. The number of rotatable bonds is 1. The molecule has 2 nitrogen and oxygen atoms in total. The average molecular weight is 579 g/mol. The van der Waals surface area contributed by atoms with Crippen molar-refractivity contribution in [1.82, 2.24) is 2.71 Å². The third-order valence-corrected chi connectivity index (χ3v) is 28.0. The zero-order chi connectivity index (χ0) is 18.6. The molecule has 5 heteroatoms. The number of benzene rings is 2. The molecule has 0 saturated heterocycles. The second kappa shape index (κ2) is 7.02. The fourth-order valence-corrected chi connectivity index (χ4v) is 26.4. The first-order valence-electron chi connectivity index (χ1n) is 9.36. The van der Waals surface area contributed by atoms with Crippen molar-refractivity contribution < 1.29 is 4.74 Å². The van der Waals surface area contributed by atoms with Crippen molar-refractivity contribution >= 4 is 43.3 Å². The van der Waals surface area contributed by atoms with Crippen LogP contribution < -0.4 is 10.0 Å². The van der Waals surface area contributed by atoms with E-state index in [9.17, 15) is 0 Å². The van der Waals surface area contributed by atoms with Crippen molar-refractivity contribution in [2.45, 2.75) is 49.2 Å². The van der Waals surface area contributed by atoms with Crippen LogP contribution in [-0.4, -0.2) is 34.9 Å². The van der Waals surface area contributed by atoms with Crippen molar-refractivity contribution in [3.63, 3.8) is 0 Å². The first-order valence-corrected chi connectivity index (χ1v) is 20.9. The monoisotopic (exact) mass is 579 g/mol. The van der Waals surface area contributed by atoms with Gasteiger partial charge in [-0.2, -0.15) is 0 Å². The Bertz CT molecular complexity index is 860. The van der Waals surface area contributed by atoms with Crippen molar-refractivity contribution in [3.8, 4) is 5.75 Å². The number of hydrogen-bond acceptors (Lipinski definition) is 2. The van der Waals surface area contributed by atoms with Crippen molar-refractivity contribution in [3.05, 3.63) is 58.7 Å². The van der Waals surface area contributed by atoms with Crippen LogP contribution in [0.2, 0.25) is 0 Å². The second-order valence-electron chi connectivity index (χ2n) is 7.93. The van der Waals surface area contributed by atoms with Gasteiger partial charge in [0, 0.05) is 0 Å². The molecule has 0 amide bonds. The Kier molecular flexibility index (Phi) is 5.18. The maximum absolute atomic E-state index is 7.20. The van der Waals surface area contributed by atoms with Crippen molar-refractivity contribution in [2.75, 3.05) is 7.05 Å². The van der Waals surface area contributed by atoms with Gasteiger partial charge in [-0.05, 0) is 0 Å². The summed E-state index contributed by atoms with van der Waals surface area (Å²) in [5.41, 5.74) is 5.49. The molecule has 2 heterocycles. The number of hydrogen-bond donors (Lipinski definition) is 0. The van der Waals surface area contributed by atoms with Crippen LogP contribution in [0.1, 0.15) is 42.5 Å². The molecule has 0 saturated carbocycles. The number of ether oxygens (including phenoxy) is 1. The Labute approximate surface area is 170 Å². The molecular weight excluding hydrogens is 553 g/mol. The summed E-state index contributed by atoms with van der Waals surface area (Å²) < 4.78 is 9.38. The molecule has 26 heavy (non-hydrogen) atoms. The second-order valence-corrected chi connectivity index (χ2v) is 25.4. The van der Waals surface area contributed by atoms with E-state index in [4.69, 9.17) is 13.1 Å². The van der Waals surface area contributed by atoms with Gasteiger partial charge in [0.25, 0.3) is 0 Å². The van der Waals surface area contributed by atoms with Gasteiger partial charge in [-0.1, -0.05) is 0 Å². The van der Waals surface area contributed by atoms with Gasteiger partial charge in [-0.15, -0.1) is 0 Å². The molecule has 136 valence electrons. The molecule has 2 unspecified atom stereocenters.